The Bertz CT molecular complexity index is 571. The van der Waals surface area contributed by atoms with Gasteiger partial charge in [0.25, 0.3) is 0 Å². The van der Waals surface area contributed by atoms with Gasteiger partial charge in [0.05, 0.1) is 0 Å². The number of aryl methyl sites for hydroxylation is 1. The van der Waals surface area contributed by atoms with Gasteiger partial charge in [-0.2, -0.15) is 0 Å². The van der Waals surface area contributed by atoms with E-state index in [4.69, 9.17) is 5.73 Å². The molecule has 0 spiro atoms. The first-order chi connectivity index (χ1) is 8.88. The summed E-state index contributed by atoms with van der Waals surface area (Å²) in [6, 6.07) is 11.3. The number of nitrogens with two attached hydrogens (primary N) is 1. The molecule has 0 fully saturated rings. The highest BCUT2D eigenvalue weighted by atomic mass is 19.1. The summed E-state index contributed by atoms with van der Waals surface area (Å²) in [5, 5.41) is 0. The molecule has 2 N–H and O–H groups in total. The molecule has 1 atom stereocenters. The summed E-state index contributed by atoms with van der Waals surface area (Å²) >= 11 is 0. The minimum atomic E-state index is -0.810. The summed E-state index contributed by atoms with van der Waals surface area (Å²) in [6.07, 6.45) is 0.530. The molecule has 19 heavy (non-hydrogen) atoms. The lowest BCUT2D eigenvalue weighted by atomic mass is 9.85. The third-order valence-corrected chi connectivity index (χ3v) is 3.34. The highest BCUT2D eigenvalue weighted by Gasteiger charge is 2.23. The molecule has 0 bridgehead atoms. The smallest absolute Gasteiger partial charge is 0.126 e. The molecule has 2 aromatic rings. The molecule has 0 saturated carbocycles. The van der Waals surface area contributed by atoms with Gasteiger partial charge in [0.1, 0.15) is 11.6 Å². The second-order valence-corrected chi connectivity index (χ2v) is 5.18. The fraction of sp³-hybridized carbons (Fsp3) is 0.250. The lowest BCUT2D eigenvalue weighted by Gasteiger charge is -2.26. The van der Waals surface area contributed by atoms with E-state index in [-0.39, 0.29) is 0 Å². The van der Waals surface area contributed by atoms with Crippen molar-refractivity contribution in [2.45, 2.75) is 25.8 Å². The predicted octanol–water partition coefficient (Wildman–Crippen LogP) is 3.69. The average molecular weight is 261 g/mol. The SMILES string of the molecule is Cc1ccccc1CC(C)(N)c1cc(F)cc(F)c1. The molecule has 0 aromatic heterocycles. The first kappa shape index (κ1) is 13.7. The van der Waals surface area contributed by atoms with Crippen LogP contribution >= 0.6 is 0 Å². The van der Waals surface area contributed by atoms with E-state index in [0.29, 0.717) is 12.0 Å². The normalized spacial score (nSPS) is 14.2. The molecule has 0 radical (unpaired) electrons. The molecule has 0 aliphatic heterocycles. The minimum absolute atomic E-state index is 0.466. The monoisotopic (exact) mass is 261 g/mol. The van der Waals surface area contributed by atoms with E-state index in [1.807, 2.05) is 31.2 Å². The highest BCUT2D eigenvalue weighted by molar-refractivity contribution is 5.32. The molecule has 100 valence electrons. The van der Waals surface area contributed by atoms with Crippen LogP contribution < -0.4 is 5.73 Å². The summed E-state index contributed by atoms with van der Waals surface area (Å²) < 4.78 is 26.6. The summed E-state index contributed by atoms with van der Waals surface area (Å²) in [7, 11) is 0. The first-order valence-corrected chi connectivity index (χ1v) is 6.18. The molecule has 1 nitrogen and oxygen atoms in total. The molecular weight excluding hydrogens is 244 g/mol. The van der Waals surface area contributed by atoms with Crippen LogP contribution in [0.5, 0.6) is 0 Å². The van der Waals surface area contributed by atoms with Crippen molar-refractivity contribution in [3.63, 3.8) is 0 Å². The molecular formula is C16H17F2N. The van der Waals surface area contributed by atoms with Gasteiger partial charge in [-0.1, -0.05) is 24.3 Å². The predicted molar refractivity (Wildman–Crippen MR) is 72.8 cm³/mol. The van der Waals surface area contributed by atoms with E-state index >= 15 is 0 Å². The van der Waals surface area contributed by atoms with Gasteiger partial charge in [0.2, 0.25) is 0 Å². The van der Waals surface area contributed by atoms with Crippen molar-refractivity contribution < 1.29 is 8.78 Å². The second-order valence-electron chi connectivity index (χ2n) is 5.18. The van der Waals surface area contributed by atoms with E-state index in [0.717, 1.165) is 17.2 Å². The first-order valence-electron chi connectivity index (χ1n) is 6.18. The van der Waals surface area contributed by atoms with E-state index < -0.39 is 17.2 Å². The van der Waals surface area contributed by atoms with Crippen LogP contribution in [-0.2, 0) is 12.0 Å². The molecule has 2 aromatic carbocycles. The maximum absolute atomic E-state index is 13.3. The maximum Gasteiger partial charge on any atom is 0.126 e. The van der Waals surface area contributed by atoms with Gasteiger partial charge in [-0.15, -0.1) is 0 Å². The van der Waals surface area contributed by atoms with Crippen LogP contribution in [-0.4, -0.2) is 0 Å². The van der Waals surface area contributed by atoms with Crippen LogP contribution in [0.3, 0.4) is 0 Å². The van der Waals surface area contributed by atoms with Gasteiger partial charge in [-0.05, 0) is 49.1 Å². The Labute approximate surface area is 112 Å². The lowest BCUT2D eigenvalue weighted by Crippen LogP contribution is -2.36. The average Bonchev–Trinajstić information content (AvgIpc) is 2.31. The molecule has 0 amide bonds. The quantitative estimate of drug-likeness (QED) is 0.896. The van der Waals surface area contributed by atoms with E-state index in [1.54, 1.807) is 6.92 Å². The third-order valence-electron chi connectivity index (χ3n) is 3.34. The van der Waals surface area contributed by atoms with Crippen LogP contribution in [0, 0.1) is 18.6 Å². The van der Waals surface area contributed by atoms with Crippen molar-refractivity contribution in [2.75, 3.05) is 0 Å². The van der Waals surface area contributed by atoms with Gasteiger partial charge in [-0.3, -0.25) is 0 Å². The van der Waals surface area contributed by atoms with E-state index in [1.165, 1.54) is 12.1 Å². The zero-order valence-corrected chi connectivity index (χ0v) is 11.1. The summed E-state index contributed by atoms with van der Waals surface area (Å²) in [5.74, 6) is -1.20. The third kappa shape index (κ3) is 3.18. The number of benzene rings is 2. The molecule has 2 rings (SSSR count). The van der Waals surface area contributed by atoms with Crippen molar-refractivity contribution in [1.29, 1.82) is 0 Å². The Balaban J connectivity index is 2.34. The Kier molecular flexibility index (Phi) is 3.67. The zero-order chi connectivity index (χ0) is 14.0. The molecule has 1 unspecified atom stereocenters. The number of halogens is 2. The molecule has 0 heterocycles. The Hall–Kier alpha value is -1.74. The van der Waals surface area contributed by atoms with Crippen LogP contribution in [0.4, 0.5) is 8.78 Å². The lowest BCUT2D eigenvalue weighted by molar-refractivity contribution is 0.477. The van der Waals surface area contributed by atoms with Gasteiger partial charge in [-0.25, -0.2) is 8.78 Å². The Morgan fingerprint density at radius 2 is 1.63 bits per heavy atom. The molecule has 0 saturated heterocycles. The van der Waals surface area contributed by atoms with Crippen molar-refractivity contribution in [2.24, 2.45) is 5.73 Å². The molecule has 0 aliphatic carbocycles. The number of hydrogen-bond acceptors (Lipinski definition) is 1. The fourth-order valence-electron chi connectivity index (χ4n) is 2.19. The van der Waals surface area contributed by atoms with Gasteiger partial charge < -0.3 is 5.73 Å². The van der Waals surface area contributed by atoms with Crippen LogP contribution in [0.15, 0.2) is 42.5 Å². The maximum atomic E-state index is 13.3. The van der Waals surface area contributed by atoms with E-state index in [2.05, 4.69) is 0 Å². The standard InChI is InChI=1S/C16H17F2N/c1-11-5-3-4-6-12(11)10-16(2,19)13-7-14(17)9-15(18)8-13/h3-9H,10,19H2,1-2H3. The molecule has 0 aliphatic rings. The van der Waals surface area contributed by atoms with Gasteiger partial charge in [0, 0.05) is 11.6 Å². The van der Waals surface area contributed by atoms with Crippen molar-refractivity contribution in [3.05, 3.63) is 70.8 Å². The largest absolute Gasteiger partial charge is 0.321 e. The fourth-order valence-corrected chi connectivity index (χ4v) is 2.19. The van der Waals surface area contributed by atoms with Crippen LogP contribution in [0.1, 0.15) is 23.6 Å². The summed E-state index contributed by atoms with van der Waals surface area (Å²) in [6.45, 7) is 3.78. The van der Waals surface area contributed by atoms with Crippen molar-refractivity contribution in [3.8, 4) is 0 Å². The summed E-state index contributed by atoms with van der Waals surface area (Å²) in [4.78, 5) is 0. The number of hydrogen-bond donors (Lipinski definition) is 1. The van der Waals surface area contributed by atoms with Crippen molar-refractivity contribution in [1.82, 2.24) is 0 Å². The zero-order valence-electron chi connectivity index (χ0n) is 11.1. The van der Waals surface area contributed by atoms with Crippen molar-refractivity contribution >= 4 is 0 Å². The Morgan fingerprint density at radius 1 is 1.05 bits per heavy atom. The second kappa shape index (κ2) is 5.10. The van der Waals surface area contributed by atoms with Gasteiger partial charge in [0.15, 0.2) is 0 Å². The molecule has 3 heteroatoms. The Morgan fingerprint density at radius 3 is 2.21 bits per heavy atom. The van der Waals surface area contributed by atoms with Gasteiger partial charge >= 0.3 is 0 Å². The topological polar surface area (TPSA) is 26.0 Å². The van der Waals surface area contributed by atoms with Crippen LogP contribution in [0.25, 0.3) is 0 Å². The minimum Gasteiger partial charge on any atom is -0.321 e. The van der Waals surface area contributed by atoms with Crippen LogP contribution in [0.2, 0.25) is 0 Å². The summed E-state index contributed by atoms with van der Waals surface area (Å²) in [5.41, 5.74) is 8.10. The van der Waals surface area contributed by atoms with E-state index in [9.17, 15) is 8.78 Å². The highest BCUT2D eigenvalue weighted by Crippen LogP contribution is 2.25. The number of rotatable bonds is 3.